The van der Waals surface area contributed by atoms with Crippen LogP contribution < -0.4 is 0 Å². The summed E-state index contributed by atoms with van der Waals surface area (Å²) >= 11 is 19.1. The maximum atomic E-state index is 13.8. The van der Waals surface area contributed by atoms with Gasteiger partial charge in [0.1, 0.15) is 5.75 Å². The Kier molecular flexibility index (Phi) is 6.11. The fourth-order valence-corrected chi connectivity index (χ4v) is 8.88. The van der Waals surface area contributed by atoms with Crippen molar-refractivity contribution in [3.8, 4) is 5.75 Å². The van der Waals surface area contributed by atoms with Crippen molar-refractivity contribution in [2.75, 3.05) is 5.45 Å². The van der Waals surface area contributed by atoms with Crippen molar-refractivity contribution in [2.24, 2.45) is 17.8 Å². The van der Waals surface area contributed by atoms with Crippen molar-refractivity contribution in [3.63, 3.8) is 0 Å². The Morgan fingerprint density at radius 3 is 2.50 bits per heavy atom. The molecule has 0 radical (unpaired) electrons. The number of phenolic OH excluding ortho intramolecular Hbond substituents is 1. The van der Waals surface area contributed by atoms with Gasteiger partial charge < -0.3 is 5.11 Å². The van der Waals surface area contributed by atoms with Gasteiger partial charge in [0.15, 0.2) is 9.75 Å². The van der Waals surface area contributed by atoms with Gasteiger partial charge in [-0.25, -0.2) is 0 Å². The van der Waals surface area contributed by atoms with Gasteiger partial charge in [-0.2, -0.15) is 0 Å². The van der Waals surface area contributed by atoms with Crippen LogP contribution in [0.5, 0.6) is 5.75 Å². The van der Waals surface area contributed by atoms with E-state index in [0.717, 1.165) is 15.4 Å². The van der Waals surface area contributed by atoms with Crippen LogP contribution in [0.25, 0.3) is 0 Å². The van der Waals surface area contributed by atoms with Crippen LogP contribution in [-0.4, -0.2) is 53.7 Å². The topological polar surface area (TPSA) is 95.0 Å². The Hall–Kier alpha value is -2.20. The van der Waals surface area contributed by atoms with Crippen LogP contribution in [-0.2, 0) is 25.7 Å². The molecule has 1 N–H and O–H groups in total. The van der Waals surface area contributed by atoms with E-state index in [4.69, 9.17) is 23.2 Å². The van der Waals surface area contributed by atoms with E-state index in [1.807, 2.05) is 23.6 Å². The number of likely N-dealkylation sites (tertiary alicyclic amines) is 2. The third kappa shape index (κ3) is 3.31. The summed E-state index contributed by atoms with van der Waals surface area (Å²) in [7, 11) is 0. The van der Waals surface area contributed by atoms with Crippen LogP contribution in [0, 0.1) is 24.7 Å². The summed E-state index contributed by atoms with van der Waals surface area (Å²) in [4.78, 5) is 54.2. The van der Waals surface area contributed by atoms with Crippen molar-refractivity contribution in [1.82, 2.24) is 9.80 Å². The zero-order valence-electron chi connectivity index (χ0n) is 20.2. The van der Waals surface area contributed by atoms with Gasteiger partial charge in [0.05, 0.1) is 23.8 Å². The summed E-state index contributed by atoms with van der Waals surface area (Å²) in [5.41, 5.74) is 1.85. The number of nitrogens with zero attached hydrogens (tertiary/aromatic N) is 2. The lowest BCUT2D eigenvalue weighted by Crippen LogP contribution is -2.60. The first-order chi connectivity index (χ1) is 18.0. The SMILES string of the molecule is Cc1cc(C2C3=CCC4C(=O)N(Cc5cccs5)C(=O)C4C3CC3(Cl)C(=O)N(CBr)C(=O)C23Cl)ccc1O. The first-order valence-electron chi connectivity index (χ1n) is 12.2. The standard InChI is InChI=1S/C27H23BrCl2N2O5S/c1-13-9-14(4-7-19(13)33)21-16-5-6-17-20(23(35)31(22(17)34)11-15-3-2-8-38-15)18(16)10-26(29)24(36)32(12-28)25(37)27(21,26)30/h2-5,7-9,17-18,20-21,33H,6,10-12H2,1H3. The van der Waals surface area contributed by atoms with Crippen molar-refractivity contribution >= 4 is 74.1 Å². The molecule has 1 aromatic carbocycles. The Bertz CT molecular complexity index is 1430. The molecule has 2 aliphatic carbocycles. The second-order valence-corrected chi connectivity index (χ2v) is 13.1. The number of aryl methyl sites for hydroxylation is 1. The minimum atomic E-state index is -1.85. The van der Waals surface area contributed by atoms with Gasteiger partial charge in [0.25, 0.3) is 11.8 Å². The molecule has 3 heterocycles. The van der Waals surface area contributed by atoms with E-state index in [9.17, 15) is 24.3 Å². The Morgan fingerprint density at radius 2 is 1.84 bits per heavy atom. The average Bonchev–Trinajstić information content (AvgIpc) is 3.53. The third-order valence-electron chi connectivity index (χ3n) is 8.55. The maximum Gasteiger partial charge on any atom is 0.254 e. The lowest BCUT2D eigenvalue weighted by molar-refractivity contribution is -0.141. The average molecular weight is 638 g/mol. The van der Waals surface area contributed by atoms with Gasteiger partial charge in [-0.3, -0.25) is 29.0 Å². The van der Waals surface area contributed by atoms with Gasteiger partial charge in [0, 0.05) is 10.8 Å². The minimum absolute atomic E-state index is 0.0431. The van der Waals surface area contributed by atoms with Crippen LogP contribution in [0.1, 0.15) is 34.8 Å². The van der Waals surface area contributed by atoms with E-state index in [0.29, 0.717) is 17.5 Å². The number of thiophene rings is 1. The highest BCUT2D eigenvalue weighted by molar-refractivity contribution is 9.09. The number of carbonyl (C=O) groups is 4. The molecule has 198 valence electrons. The van der Waals surface area contributed by atoms with Crippen molar-refractivity contribution in [1.29, 1.82) is 0 Å². The van der Waals surface area contributed by atoms with Gasteiger partial charge in [-0.15, -0.1) is 34.5 Å². The first-order valence-corrected chi connectivity index (χ1v) is 15.0. The molecule has 4 amide bonds. The van der Waals surface area contributed by atoms with Crippen LogP contribution in [0.2, 0.25) is 0 Å². The van der Waals surface area contributed by atoms with E-state index in [1.54, 1.807) is 19.1 Å². The molecule has 0 spiro atoms. The summed E-state index contributed by atoms with van der Waals surface area (Å²) in [6, 6.07) is 8.68. The number of carbonyl (C=O) groups excluding carboxylic acids is 4. The fraction of sp³-hybridized carbons (Fsp3) is 0.407. The first kappa shape index (κ1) is 26.0. The number of benzene rings is 1. The van der Waals surface area contributed by atoms with Gasteiger partial charge in [0.2, 0.25) is 11.8 Å². The quantitative estimate of drug-likeness (QED) is 0.228. The smallest absolute Gasteiger partial charge is 0.254 e. The van der Waals surface area contributed by atoms with E-state index in [1.165, 1.54) is 22.3 Å². The summed E-state index contributed by atoms with van der Waals surface area (Å²) in [5.74, 6) is -4.35. The number of phenols is 1. The zero-order chi connectivity index (χ0) is 27.1. The third-order valence-corrected chi connectivity index (χ3v) is 11.3. The highest BCUT2D eigenvalue weighted by Crippen LogP contribution is 2.65. The predicted molar refractivity (Wildman–Crippen MR) is 146 cm³/mol. The van der Waals surface area contributed by atoms with Crippen LogP contribution in [0.3, 0.4) is 0 Å². The molecule has 6 rings (SSSR count). The van der Waals surface area contributed by atoms with Crippen molar-refractivity contribution in [3.05, 3.63) is 63.4 Å². The van der Waals surface area contributed by atoms with Crippen molar-refractivity contribution in [2.45, 2.75) is 42.0 Å². The maximum absolute atomic E-state index is 13.8. The molecule has 11 heteroatoms. The minimum Gasteiger partial charge on any atom is -0.508 e. The molecular weight excluding hydrogens is 615 g/mol. The Morgan fingerprint density at radius 1 is 1.08 bits per heavy atom. The van der Waals surface area contributed by atoms with Gasteiger partial charge >= 0.3 is 0 Å². The van der Waals surface area contributed by atoms with Crippen LogP contribution in [0.4, 0.5) is 0 Å². The Balaban J connectivity index is 1.50. The number of alkyl halides is 3. The second kappa shape index (κ2) is 8.91. The molecular formula is C27H23BrCl2N2O5S. The number of hydrogen-bond acceptors (Lipinski definition) is 6. The van der Waals surface area contributed by atoms with Gasteiger partial charge in [-0.1, -0.05) is 45.8 Å². The molecule has 6 unspecified atom stereocenters. The Labute approximate surface area is 241 Å². The predicted octanol–water partition coefficient (Wildman–Crippen LogP) is 4.67. The summed E-state index contributed by atoms with van der Waals surface area (Å²) < 4.78 is 0. The monoisotopic (exact) mass is 636 g/mol. The lowest BCUT2D eigenvalue weighted by atomic mass is 9.56. The summed E-state index contributed by atoms with van der Waals surface area (Å²) in [5, 5.41) is 12.1. The van der Waals surface area contributed by atoms with E-state index < -0.39 is 45.2 Å². The molecule has 1 aromatic heterocycles. The number of hydrogen-bond donors (Lipinski definition) is 1. The van der Waals surface area contributed by atoms with E-state index in [2.05, 4.69) is 15.9 Å². The van der Waals surface area contributed by atoms with Crippen LogP contribution in [0.15, 0.2) is 47.4 Å². The van der Waals surface area contributed by atoms with Crippen LogP contribution >= 0.6 is 50.5 Å². The zero-order valence-corrected chi connectivity index (χ0v) is 24.1. The molecule has 4 aliphatic rings. The molecule has 1 saturated carbocycles. The lowest BCUT2D eigenvalue weighted by Gasteiger charge is -2.50. The number of fused-ring (bicyclic) bond motifs is 4. The molecule has 2 saturated heterocycles. The normalized spacial score (nSPS) is 34.4. The molecule has 38 heavy (non-hydrogen) atoms. The second-order valence-electron chi connectivity index (χ2n) is 10.4. The summed E-state index contributed by atoms with van der Waals surface area (Å²) in [6.07, 6.45) is 2.19. The number of imide groups is 2. The number of aromatic hydroxyl groups is 1. The highest BCUT2D eigenvalue weighted by Gasteiger charge is 2.76. The molecule has 3 fully saturated rings. The molecule has 2 aliphatic heterocycles. The molecule has 6 atom stereocenters. The number of amides is 4. The number of rotatable bonds is 4. The molecule has 7 nitrogen and oxygen atoms in total. The summed E-state index contributed by atoms with van der Waals surface area (Å²) in [6.45, 7) is 1.93. The van der Waals surface area contributed by atoms with Gasteiger partial charge in [-0.05, 0) is 54.3 Å². The largest absolute Gasteiger partial charge is 0.508 e. The number of halogens is 3. The van der Waals surface area contributed by atoms with Crippen molar-refractivity contribution < 1.29 is 24.3 Å². The fourth-order valence-electron chi connectivity index (χ4n) is 6.76. The van der Waals surface area contributed by atoms with E-state index >= 15 is 0 Å². The van der Waals surface area contributed by atoms with E-state index in [-0.39, 0.29) is 36.0 Å². The highest BCUT2D eigenvalue weighted by atomic mass is 79.9. The molecule has 0 bridgehead atoms. The molecule has 2 aromatic rings. The number of allylic oxidation sites excluding steroid dienone is 2.